The zero-order valence-electron chi connectivity index (χ0n) is 11.0. The molecule has 1 heterocycles. The predicted molar refractivity (Wildman–Crippen MR) is 68.7 cm³/mol. The SMILES string of the molecule is CC1(C)CN(C(=O)NC2CCCC2)CCC1N. The molecule has 2 aliphatic rings. The minimum atomic E-state index is 0.0330. The first kappa shape index (κ1) is 12.7. The van der Waals surface area contributed by atoms with E-state index in [1.165, 1.54) is 12.8 Å². The van der Waals surface area contributed by atoms with Crippen LogP contribution in [0.15, 0.2) is 0 Å². The average Bonchev–Trinajstić information content (AvgIpc) is 2.74. The Labute approximate surface area is 104 Å². The van der Waals surface area contributed by atoms with Gasteiger partial charge in [-0.2, -0.15) is 0 Å². The van der Waals surface area contributed by atoms with Gasteiger partial charge in [-0.3, -0.25) is 0 Å². The summed E-state index contributed by atoms with van der Waals surface area (Å²) in [6.45, 7) is 5.86. The maximum atomic E-state index is 12.1. The van der Waals surface area contributed by atoms with Crippen molar-refractivity contribution in [3.05, 3.63) is 0 Å². The Morgan fingerprint density at radius 1 is 1.29 bits per heavy atom. The van der Waals surface area contributed by atoms with Gasteiger partial charge in [0.1, 0.15) is 0 Å². The maximum Gasteiger partial charge on any atom is 0.317 e. The number of rotatable bonds is 1. The van der Waals surface area contributed by atoms with E-state index in [1.807, 2.05) is 4.90 Å². The van der Waals surface area contributed by atoms with E-state index in [0.29, 0.717) is 6.04 Å². The molecule has 1 aliphatic carbocycles. The maximum absolute atomic E-state index is 12.1. The normalized spacial score (nSPS) is 29.4. The molecule has 2 rings (SSSR count). The molecule has 1 unspecified atom stereocenters. The summed E-state index contributed by atoms with van der Waals surface area (Å²) in [6.07, 6.45) is 5.69. The van der Waals surface area contributed by atoms with E-state index in [2.05, 4.69) is 19.2 Å². The Kier molecular flexibility index (Phi) is 3.61. The van der Waals surface area contributed by atoms with Crippen LogP contribution in [0.1, 0.15) is 46.0 Å². The number of piperidine rings is 1. The fraction of sp³-hybridized carbons (Fsp3) is 0.923. The number of hydrogen-bond acceptors (Lipinski definition) is 2. The van der Waals surface area contributed by atoms with E-state index in [-0.39, 0.29) is 17.5 Å². The molecule has 98 valence electrons. The second kappa shape index (κ2) is 4.84. The first-order chi connectivity index (χ1) is 7.99. The fourth-order valence-corrected chi connectivity index (χ4v) is 2.88. The van der Waals surface area contributed by atoms with Crippen molar-refractivity contribution in [1.29, 1.82) is 0 Å². The molecule has 0 spiro atoms. The molecule has 0 aromatic carbocycles. The summed E-state index contributed by atoms with van der Waals surface area (Å²) >= 11 is 0. The van der Waals surface area contributed by atoms with Crippen molar-refractivity contribution in [1.82, 2.24) is 10.2 Å². The Hall–Kier alpha value is -0.770. The number of nitrogens with one attached hydrogen (secondary N) is 1. The number of carbonyl (C=O) groups is 1. The minimum Gasteiger partial charge on any atom is -0.335 e. The van der Waals surface area contributed by atoms with Crippen molar-refractivity contribution in [2.24, 2.45) is 11.1 Å². The number of nitrogens with two attached hydrogens (primary N) is 1. The molecular formula is C13H25N3O. The summed E-state index contributed by atoms with van der Waals surface area (Å²) in [5, 5.41) is 3.15. The van der Waals surface area contributed by atoms with E-state index < -0.39 is 0 Å². The topological polar surface area (TPSA) is 58.4 Å². The Morgan fingerprint density at radius 3 is 2.53 bits per heavy atom. The molecule has 1 saturated heterocycles. The highest BCUT2D eigenvalue weighted by molar-refractivity contribution is 5.74. The lowest BCUT2D eigenvalue weighted by molar-refractivity contribution is 0.109. The van der Waals surface area contributed by atoms with Gasteiger partial charge in [-0.1, -0.05) is 26.7 Å². The van der Waals surface area contributed by atoms with E-state index in [9.17, 15) is 4.79 Å². The number of carbonyl (C=O) groups excluding carboxylic acids is 1. The monoisotopic (exact) mass is 239 g/mol. The third-order valence-electron chi connectivity index (χ3n) is 4.28. The van der Waals surface area contributed by atoms with Crippen molar-refractivity contribution in [3.8, 4) is 0 Å². The second-order valence-corrected chi connectivity index (χ2v) is 6.24. The van der Waals surface area contributed by atoms with Crippen LogP contribution >= 0.6 is 0 Å². The van der Waals surface area contributed by atoms with Crippen LogP contribution in [0.2, 0.25) is 0 Å². The number of amides is 2. The Balaban J connectivity index is 1.87. The third-order valence-corrected chi connectivity index (χ3v) is 4.28. The van der Waals surface area contributed by atoms with Crippen molar-refractivity contribution < 1.29 is 4.79 Å². The lowest BCUT2D eigenvalue weighted by Crippen LogP contribution is -2.56. The van der Waals surface area contributed by atoms with Gasteiger partial charge in [-0.05, 0) is 24.7 Å². The summed E-state index contributed by atoms with van der Waals surface area (Å²) in [7, 11) is 0. The highest BCUT2D eigenvalue weighted by atomic mass is 16.2. The lowest BCUT2D eigenvalue weighted by atomic mass is 9.80. The fourth-order valence-electron chi connectivity index (χ4n) is 2.88. The summed E-state index contributed by atoms with van der Waals surface area (Å²) in [5.74, 6) is 0. The van der Waals surface area contributed by atoms with Crippen molar-refractivity contribution >= 4 is 6.03 Å². The van der Waals surface area contributed by atoms with E-state index >= 15 is 0 Å². The van der Waals surface area contributed by atoms with Crippen LogP contribution in [-0.4, -0.2) is 36.1 Å². The second-order valence-electron chi connectivity index (χ2n) is 6.24. The molecule has 2 amide bonds. The highest BCUT2D eigenvalue weighted by Gasteiger charge is 2.35. The first-order valence-corrected chi connectivity index (χ1v) is 6.80. The van der Waals surface area contributed by atoms with Gasteiger partial charge in [0.05, 0.1) is 0 Å². The molecule has 4 heteroatoms. The molecule has 2 fully saturated rings. The van der Waals surface area contributed by atoms with Gasteiger partial charge in [0.25, 0.3) is 0 Å². The van der Waals surface area contributed by atoms with Crippen molar-refractivity contribution in [2.45, 2.75) is 58.0 Å². The number of nitrogens with zero attached hydrogens (tertiary/aromatic N) is 1. The quantitative estimate of drug-likeness (QED) is 0.731. The van der Waals surface area contributed by atoms with Gasteiger partial charge in [0.2, 0.25) is 0 Å². The number of likely N-dealkylation sites (tertiary alicyclic amines) is 1. The van der Waals surface area contributed by atoms with Crippen molar-refractivity contribution in [2.75, 3.05) is 13.1 Å². The van der Waals surface area contributed by atoms with Crippen LogP contribution in [0.3, 0.4) is 0 Å². The van der Waals surface area contributed by atoms with Crippen LogP contribution in [0.5, 0.6) is 0 Å². The van der Waals surface area contributed by atoms with Crippen LogP contribution in [0.25, 0.3) is 0 Å². The summed E-state index contributed by atoms with van der Waals surface area (Å²) in [4.78, 5) is 14.1. The van der Waals surface area contributed by atoms with E-state index in [1.54, 1.807) is 0 Å². The molecule has 17 heavy (non-hydrogen) atoms. The van der Waals surface area contributed by atoms with E-state index in [4.69, 9.17) is 5.73 Å². The smallest absolute Gasteiger partial charge is 0.317 e. The van der Waals surface area contributed by atoms with Gasteiger partial charge in [-0.25, -0.2) is 4.79 Å². The zero-order valence-corrected chi connectivity index (χ0v) is 11.0. The third kappa shape index (κ3) is 2.92. The lowest BCUT2D eigenvalue weighted by Gasteiger charge is -2.42. The van der Waals surface area contributed by atoms with Crippen LogP contribution in [0.4, 0.5) is 4.79 Å². The molecule has 0 aromatic heterocycles. The minimum absolute atomic E-state index is 0.0330. The van der Waals surface area contributed by atoms with Gasteiger partial charge in [0, 0.05) is 25.2 Å². The molecule has 4 nitrogen and oxygen atoms in total. The molecule has 0 radical (unpaired) electrons. The molecule has 1 saturated carbocycles. The van der Waals surface area contributed by atoms with Gasteiger partial charge < -0.3 is 16.0 Å². The van der Waals surface area contributed by atoms with Gasteiger partial charge in [0.15, 0.2) is 0 Å². The number of hydrogen-bond donors (Lipinski definition) is 2. The van der Waals surface area contributed by atoms with Crippen molar-refractivity contribution in [3.63, 3.8) is 0 Å². The molecule has 1 atom stereocenters. The molecule has 3 N–H and O–H groups in total. The molecule has 0 aromatic rings. The van der Waals surface area contributed by atoms with Crippen LogP contribution in [-0.2, 0) is 0 Å². The first-order valence-electron chi connectivity index (χ1n) is 6.80. The largest absolute Gasteiger partial charge is 0.335 e. The molecule has 0 bridgehead atoms. The van der Waals surface area contributed by atoms with Gasteiger partial charge >= 0.3 is 6.03 Å². The standard InChI is InChI=1S/C13H25N3O/c1-13(2)9-16(8-7-11(13)14)12(17)15-10-5-3-4-6-10/h10-11H,3-9,14H2,1-2H3,(H,15,17). The summed E-state index contributed by atoms with van der Waals surface area (Å²) in [5.41, 5.74) is 6.11. The highest BCUT2D eigenvalue weighted by Crippen LogP contribution is 2.28. The summed E-state index contributed by atoms with van der Waals surface area (Å²) in [6, 6.07) is 0.719. The van der Waals surface area contributed by atoms with Crippen LogP contribution < -0.4 is 11.1 Å². The number of urea groups is 1. The summed E-state index contributed by atoms with van der Waals surface area (Å²) < 4.78 is 0. The van der Waals surface area contributed by atoms with Crippen LogP contribution in [0, 0.1) is 5.41 Å². The Morgan fingerprint density at radius 2 is 1.94 bits per heavy atom. The Bertz CT molecular complexity index is 284. The van der Waals surface area contributed by atoms with Gasteiger partial charge in [-0.15, -0.1) is 0 Å². The predicted octanol–water partition coefficient (Wildman–Crippen LogP) is 1.70. The molecule has 1 aliphatic heterocycles. The molecular weight excluding hydrogens is 214 g/mol. The zero-order chi connectivity index (χ0) is 12.5. The average molecular weight is 239 g/mol. The van der Waals surface area contributed by atoms with E-state index in [0.717, 1.165) is 32.4 Å².